The number of imide groups is 2. The lowest BCUT2D eigenvalue weighted by Crippen LogP contribution is -2.56. The van der Waals surface area contributed by atoms with Crippen LogP contribution in [0, 0.1) is 5.92 Å². The van der Waals surface area contributed by atoms with Gasteiger partial charge in [-0.3, -0.25) is 20.2 Å². The van der Waals surface area contributed by atoms with E-state index in [4.69, 9.17) is 9.47 Å². The Labute approximate surface area is 115 Å². The van der Waals surface area contributed by atoms with E-state index in [1.165, 1.54) is 14.2 Å². The summed E-state index contributed by atoms with van der Waals surface area (Å²) in [7, 11) is 3.02. The Balaban J connectivity index is 2.19. The van der Waals surface area contributed by atoms with Gasteiger partial charge in [-0.05, 0) is 24.1 Å². The first-order valence-corrected chi connectivity index (χ1v) is 5.91. The average Bonchev–Trinajstić information content (AvgIpc) is 2.42. The number of benzene rings is 1. The fraction of sp³-hybridized carbons (Fsp3) is 0.308. The van der Waals surface area contributed by atoms with Crippen molar-refractivity contribution in [3.63, 3.8) is 0 Å². The second kappa shape index (κ2) is 5.60. The number of urea groups is 1. The summed E-state index contributed by atoms with van der Waals surface area (Å²) < 4.78 is 10.3. The Bertz CT molecular complexity index is 550. The summed E-state index contributed by atoms with van der Waals surface area (Å²) in [4.78, 5) is 34.3. The van der Waals surface area contributed by atoms with E-state index in [1.54, 1.807) is 18.2 Å². The highest BCUT2D eigenvalue weighted by atomic mass is 16.5. The molecule has 0 atom stereocenters. The predicted octanol–water partition coefficient (Wildman–Crippen LogP) is 0.228. The van der Waals surface area contributed by atoms with E-state index in [2.05, 4.69) is 10.6 Å². The fourth-order valence-corrected chi connectivity index (χ4v) is 1.98. The Morgan fingerprint density at radius 1 is 1.00 bits per heavy atom. The molecular weight excluding hydrogens is 264 g/mol. The zero-order chi connectivity index (χ0) is 14.7. The number of hydrogen-bond donors (Lipinski definition) is 2. The molecule has 0 bridgehead atoms. The second-order valence-corrected chi connectivity index (χ2v) is 4.25. The molecule has 0 unspecified atom stereocenters. The number of methoxy groups -OCH3 is 2. The van der Waals surface area contributed by atoms with Gasteiger partial charge in [-0.25, -0.2) is 4.79 Å². The third kappa shape index (κ3) is 2.71. The first kappa shape index (κ1) is 13.9. The lowest BCUT2D eigenvalue weighted by Gasteiger charge is -2.20. The summed E-state index contributed by atoms with van der Waals surface area (Å²) in [6.07, 6.45) is 0.172. The molecule has 1 fully saturated rings. The van der Waals surface area contributed by atoms with Gasteiger partial charge in [0, 0.05) is 0 Å². The molecule has 1 aromatic carbocycles. The lowest BCUT2D eigenvalue weighted by molar-refractivity contribution is -0.135. The molecule has 2 rings (SSSR count). The van der Waals surface area contributed by atoms with Gasteiger partial charge in [0.2, 0.25) is 11.8 Å². The number of ether oxygens (including phenoxy) is 2. The molecule has 0 spiro atoms. The van der Waals surface area contributed by atoms with Crippen molar-refractivity contribution in [2.24, 2.45) is 5.92 Å². The molecule has 2 N–H and O–H groups in total. The number of carbonyl (C=O) groups excluding carboxylic acids is 3. The first-order chi connectivity index (χ1) is 9.55. The van der Waals surface area contributed by atoms with Gasteiger partial charge < -0.3 is 9.47 Å². The van der Waals surface area contributed by atoms with Gasteiger partial charge in [-0.2, -0.15) is 0 Å². The minimum atomic E-state index is -0.939. The minimum Gasteiger partial charge on any atom is -0.493 e. The Hall–Kier alpha value is -2.57. The van der Waals surface area contributed by atoms with Crippen molar-refractivity contribution in [3.8, 4) is 11.5 Å². The van der Waals surface area contributed by atoms with E-state index in [-0.39, 0.29) is 6.42 Å². The predicted molar refractivity (Wildman–Crippen MR) is 68.4 cm³/mol. The van der Waals surface area contributed by atoms with Gasteiger partial charge in [0.1, 0.15) is 5.92 Å². The molecule has 0 saturated carbocycles. The monoisotopic (exact) mass is 278 g/mol. The van der Waals surface area contributed by atoms with E-state index >= 15 is 0 Å². The zero-order valence-corrected chi connectivity index (χ0v) is 11.1. The molecule has 106 valence electrons. The van der Waals surface area contributed by atoms with Crippen molar-refractivity contribution in [2.75, 3.05) is 14.2 Å². The minimum absolute atomic E-state index is 0.172. The number of barbiturate groups is 1. The molecule has 1 aliphatic heterocycles. The van der Waals surface area contributed by atoms with E-state index in [0.717, 1.165) is 5.56 Å². The topological polar surface area (TPSA) is 93.7 Å². The molecule has 1 aromatic rings. The van der Waals surface area contributed by atoms with Crippen LogP contribution in [0.4, 0.5) is 4.79 Å². The van der Waals surface area contributed by atoms with Crippen LogP contribution in [0.3, 0.4) is 0 Å². The summed E-state index contributed by atoms with van der Waals surface area (Å²) in [6.45, 7) is 0. The summed E-state index contributed by atoms with van der Waals surface area (Å²) >= 11 is 0. The van der Waals surface area contributed by atoms with Crippen LogP contribution in [0.5, 0.6) is 11.5 Å². The molecule has 4 amide bonds. The van der Waals surface area contributed by atoms with Crippen LogP contribution in [-0.4, -0.2) is 32.1 Å². The quantitative estimate of drug-likeness (QED) is 0.769. The Kier molecular flexibility index (Phi) is 3.88. The van der Waals surface area contributed by atoms with Crippen LogP contribution in [0.25, 0.3) is 0 Å². The molecule has 1 aliphatic rings. The standard InChI is InChI=1S/C13H14N2O5/c1-19-9-4-3-7(6-10(9)20-2)5-8-11(16)14-13(18)15-12(8)17/h3-4,6,8H,5H2,1-2H3,(H2,14,15,16,17,18). The molecule has 0 aliphatic carbocycles. The van der Waals surface area contributed by atoms with Crippen LogP contribution in [0.15, 0.2) is 18.2 Å². The van der Waals surface area contributed by atoms with Crippen molar-refractivity contribution < 1.29 is 23.9 Å². The third-order valence-corrected chi connectivity index (χ3v) is 2.99. The smallest absolute Gasteiger partial charge is 0.328 e. The van der Waals surface area contributed by atoms with Crippen molar-refractivity contribution in [1.29, 1.82) is 0 Å². The lowest BCUT2D eigenvalue weighted by atomic mass is 9.96. The molecule has 0 radical (unpaired) electrons. The summed E-state index contributed by atoms with van der Waals surface area (Å²) in [5, 5.41) is 4.13. The zero-order valence-electron chi connectivity index (χ0n) is 11.1. The van der Waals surface area contributed by atoms with Gasteiger partial charge in [-0.15, -0.1) is 0 Å². The second-order valence-electron chi connectivity index (χ2n) is 4.25. The number of hydrogen-bond acceptors (Lipinski definition) is 5. The number of amides is 4. The van der Waals surface area contributed by atoms with E-state index < -0.39 is 23.8 Å². The summed E-state index contributed by atoms with van der Waals surface area (Å²) in [6, 6.07) is 4.33. The van der Waals surface area contributed by atoms with Crippen molar-refractivity contribution in [2.45, 2.75) is 6.42 Å². The third-order valence-electron chi connectivity index (χ3n) is 2.99. The van der Waals surface area contributed by atoms with Crippen LogP contribution >= 0.6 is 0 Å². The summed E-state index contributed by atoms with van der Waals surface area (Å²) in [5.41, 5.74) is 0.729. The molecule has 1 saturated heterocycles. The number of carbonyl (C=O) groups is 3. The maximum absolute atomic E-state index is 11.6. The molecule has 0 aromatic heterocycles. The Morgan fingerprint density at radius 2 is 1.60 bits per heavy atom. The maximum atomic E-state index is 11.6. The molecule has 7 heteroatoms. The maximum Gasteiger partial charge on any atom is 0.328 e. The van der Waals surface area contributed by atoms with Crippen LogP contribution < -0.4 is 20.1 Å². The molecule has 7 nitrogen and oxygen atoms in total. The SMILES string of the molecule is COc1ccc(CC2C(=O)NC(=O)NC2=O)cc1OC. The largest absolute Gasteiger partial charge is 0.493 e. The molecule has 1 heterocycles. The van der Waals surface area contributed by atoms with Gasteiger partial charge in [0.15, 0.2) is 11.5 Å². The first-order valence-electron chi connectivity index (χ1n) is 5.91. The van der Waals surface area contributed by atoms with Crippen molar-refractivity contribution in [3.05, 3.63) is 23.8 Å². The van der Waals surface area contributed by atoms with E-state index in [0.29, 0.717) is 11.5 Å². The van der Waals surface area contributed by atoms with Crippen molar-refractivity contribution in [1.82, 2.24) is 10.6 Å². The molecular formula is C13H14N2O5. The van der Waals surface area contributed by atoms with Crippen LogP contribution in [0.1, 0.15) is 5.56 Å². The summed E-state index contributed by atoms with van der Waals surface area (Å²) in [5.74, 6) is -1.07. The van der Waals surface area contributed by atoms with Gasteiger partial charge in [0.05, 0.1) is 14.2 Å². The van der Waals surface area contributed by atoms with Crippen LogP contribution in [-0.2, 0) is 16.0 Å². The highest BCUT2D eigenvalue weighted by molar-refractivity contribution is 6.16. The van der Waals surface area contributed by atoms with Gasteiger partial charge in [0.25, 0.3) is 0 Å². The highest BCUT2D eigenvalue weighted by Gasteiger charge is 2.34. The van der Waals surface area contributed by atoms with Crippen LogP contribution in [0.2, 0.25) is 0 Å². The normalized spacial score (nSPS) is 15.6. The Morgan fingerprint density at radius 3 is 2.15 bits per heavy atom. The van der Waals surface area contributed by atoms with Gasteiger partial charge in [-0.1, -0.05) is 6.07 Å². The molecule has 20 heavy (non-hydrogen) atoms. The van der Waals surface area contributed by atoms with Gasteiger partial charge >= 0.3 is 6.03 Å². The fourth-order valence-electron chi connectivity index (χ4n) is 1.98. The van der Waals surface area contributed by atoms with E-state index in [1.807, 2.05) is 0 Å². The van der Waals surface area contributed by atoms with Crippen molar-refractivity contribution >= 4 is 17.8 Å². The highest BCUT2D eigenvalue weighted by Crippen LogP contribution is 2.28. The van der Waals surface area contributed by atoms with E-state index in [9.17, 15) is 14.4 Å². The number of rotatable bonds is 4. The number of nitrogens with one attached hydrogen (secondary N) is 2. The average molecular weight is 278 g/mol.